The summed E-state index contributed by atoms with van der Waals surface area (Å²) in [6.07, 6.45) is 2.86. The zero-order valence-corrected chi connectivity index (χ0v) is 21.6. The third-order valence-corrected chi connectivity index (χ3v) is 6.44. The van der Waals surface area contributed by atoms with E-state index in [1.807, 2.05) is 30.3 Å². The van der Waals surface area contributed by atoms with Gasteiger partial charge in [0.05, 0.1) is 26.0 Å². The number of anilines is 1. The van der Waals surface area contributed by atoms with Gasteiger partial charge >= 0.3 is 0 Å². The van der Waals surface area contributed by atoms with Crippen molar-refractivity contribution in [2.24, 2.45) is 5.10 Å². The van der Waals surface area contributed by atoms with Crippen molar-refractivity contribution in [3.63, 3.8) is 0 Å². The molecule has 0 saturated carbocycles. The molecule has 0 aliphatic rings. The summed E-state index contributed by atoms with van der Waals surface area (Å²) in [6.45, 7) is 0.390. The van der Waals surface area contributed by atoms with Crippen LogP contribution in [0.1, 0.15) is 26.7 Å². The third-order valence-electron chi connectivity index (χ3n) is 5.60. The molecule has 0 spiro atoms. The Morgan fingerprint density at radius 3 is 2.74 bits per heavy atom. The standard InChI is InChI=1S/C28H23N5O5S/c1-36-24-14-18(11-12-22(24)38-17-20-8-4-7-19-6-2-3-9-21(19)20)16-29-31-25(34)15-26-32-33-28(39-26)30-27(35)23-10-5-13-37-23/h2-14,16H,15,17H2,1H3,(H,31,34)(H,30,33,35). The van der Waals surface area contributed by atoms with E-state index in [0.29, 0.717) is 28.7 Å². The average Bonchev–Trinajstić information content (AvgIpc) is 3.65. The summed E-state index contributed by atoms with van der Waals surface area (Å²) in [4.78, 5) is 24.3. The van der Waals surface area contributed by atoms with Crippen molar-refractivity contribution in [1.29, 1.82) is 0 Å². The van der Waals surface area contributed by atoms with Gasteiger partial charge in [-0.15, -0.1) is 10.2 Å². The van der Waals surface area contributed by atoms with Crippen molar-refractivity contribution in [3.8, 4) is 11.5 Å². The molecule has 0 bridgehead atoms. The van der Waals surface area contributed by atoms with Crippen LogP contribution in [0.15, 0.2) is 88.6 Å². The van der Waals surface area contributed by atoms with E-state index in [4.69, 9.17) is 13.9 Å². The molecule has 2 aromatic heterocycles. The molecule has 0 fully saturated rings. The molecule has 3 aromatic carbocycles. The van der Waals surface area contributed by atoms with Gasteiger partial charge in [-0.25, -0.2) is 5.43 Å². The van der Waals surface area contributed by atoms with E-state index in [0.717, 1.165) is 27.7 Å². The number of rotatable bonds is 10. The molecule has 0 saturated heterocycles. The highest BCUT2D eigenvalue weighted by atomic mass is 32.1. The molecule has 2 heterocycles. The van der Waals surface area contributed by atoms with E-state index in [1.54, 1.807) is 25.3 Å². The van der Waals surface area contributed by atoms with Gasteiger partial charge in [-0.05, 0) is 52.2 Å². The third kappa shape index (κ3) is 6.46. The summed E-state index contributed by atoms with van der Waals surface area (Å²) < 4.78 is 16.6. The van der Waals surface area contributed by atoms with Crippen LogP contribution in [-0.2, 0) is 17.8 Å². The highest BCUT2D eigenvalue weighted by Gasteiger charge is 2.14. The minimum Gasteiger partial charge on any atom is -0.493 e. The quantitative estimate of drug-likeness (QED) is 0.192. The first-order valence-corrected chi connectivity index (χ1v) is 12.7. The lowest BCUT2D eigenvalue weighted by Crippen LogP contribution is -2.19. The zero-order valence-electron chi connectivity index (χ0n) is 20.8. The minimum atomic E-state index is -0.447. The van der Waals surface area contributed by atoms with Gasteiger partial charge in [0.1, 0.15) is 11.6 Å². The first-order valence-electron chi connectivity index (χ1n) is 11.9. The van der Waals surface area contributed by atoms with E-state index in [9.17, 15) is 9.59 Å². The Balaban J connectivity index is 1.14. The van der Waals surface area contributed by atoms with E-state index in [1.165, 1.54) is 18.5 Å². The Hall–Kier alpha value is -5.03. The monoisotopic (exact) mass is 541 g/mol. The van der Waals surface area contributed by atoms with Gasteiger partial charge in [0.15, 0.2) is 17.3 Å². The number of hydrogen-bond donors (Lipinski definition) is 2. The number of nitrogens with one attached hydrogen (secondary N) is 2. The minimum absolute atomic E-state index is 0.0457. The summed E-state index contributed by atoms with van der Waals surface area (Å²) in [6, 6.07) is 22.8. The Bertz CT molecular complexity index is 1630. The van der Waals surface area contributed by atoms with Gasteiger partial charge in [-0.3, -0.25) is 14.9 Å². The van der Waals surface area contributed by atoms with Crippen LogP contribution in [-0.4, -0.2) is 35.3 Å². The highest BCUT2D eigenvalue weighted by molar-refractivity contribution is 7.15. The van der Waals surface area contributed by atoms with E-state index < -0.39 is 5.91 Å². The first-order chi connectivity index (χ1) is 19.1. The predicted molar refractivity (Wildman–Crippen MR) is 147 cm³/mol. The Morgan fingerprint density at radius 1 is 1.03 bits per heavy atom. The molecule has 5 aromatic rings. The summed E-state index contributed by atoms with van der Waals surface area (Å²) >= 11 is 1.09. The number of furan rings is 1. The molecule has 0 atom stereocenters. The summed E-state index contributed by atoms with van der Waals surface area (Å²) in [5.74, 6) is 0.465. The Kier molecular flexibility index (Phi) is 7.89. The topological polar surface area (TPSA) is 128 Å². The smallest absolute Gasteiger partial charge is 0.293 e. The second-order valence-corrected chi connectivity index (χ2v) is 9.30. The lowest BCUT2D eigenvalue weighted by molar-refractivity contribution is -0.120. The fraction of sp³-hybridized carbons (Fsp3) is 0.107. The normalized spacial score (nSPS) is 11.0. The lowest BCUT2D eigenvalue weighted by Gasteiger charge is -2.12. The van der Waals surface area contributed by atoms with Crippen molar-refractivity contribution in [3.05, 3.63) is 101 Å². The molecule has 0 aliphatic carbocycles. The number of hydrazone groups is 1. The molecule has 2 amide bonds. The van der Waals surface area contributed by atoms with Crippen molar-refractivity contribution in [2.75, 3.05) is 12.4 Å². The number of amides is 2. The van der Waals surface area contributed by atoms with Crippen LogP contribution in [0.5, 0.6) is 11.5 Å². The fourth-order valence-corrected chi connectivity index (χ4v) is 4.49. The van der Waals surface area contributed by atoms with Crippen LogP contribution >= 0.6 is 11.3 Å². The summed E-state index contributed by atoms with van der Waals surface area (Å²) in [5.41, 5.74) is 4.25. The molecule has 11 heteroatoms. The number of ether oxygens (including phenoxy) is 2. The number of benzene rings is 3. The van der Waals surface area contributed by atoms with Gasteiger partial charge in [0.2, 0.25) is 11.0 Å². The zero-order chi connectivity index (χ0) is 27.0. The molecule has 0 unspecified atom stereocenters. The number of nitrogens with zero attached hydrogens (tertiary/aromatic N) is 3. The van der Waals surface area contributed by atoms with Gasteiger partial charge in [-0.1, -0.05) is 53.8 Å². The average molecular weight is 542 g/mol. The molecule has 39 heavy (non-hydrogen) atoms. The number of carbonyl (C=O) groups is 2. The summed E-state index contributed by atoms with van der Waals surface area (Å²) in [7, 11) is 1.57. The molecular formula is C28H23N5O5S. The van der Waals surface area contributed by atoms with Gasteiger partial charge < -0.3 is 13.9 Å². The molecule has 2 N–H and O–H groups in total. The van der Waals surface area contributed by atoms with E-state index in [-0.39, 0.29) is 23.2 Å². The van der Waals surface area contributed by atoms with Gasteiger partial charge in [-0.2, -0.15) is 5.10 Å². The number of fused-ring (bicyclic) bond motifs is 1. The largest absolute Gasteiger partial charge is 0.493 e. The molecule has 0 radical (unpaired) electrons. The molecule has 5 rings (SSSR count). The van der Waals surface area contributed by atoms with Crippen LogP contribution in [0, 0.1) is 0 Å². The van der Waals surface area contributed by atoms with E-state index >= 15 is 0 Å². The Morgan fingerprint density at radius 2 is 1.90 bits per heavy atom. The van der Waals surface area contributed by atoms with Crippen molar-refractivity contribution < 1.29 is 23.5 Å². The second kappa shape index (κ2) is 12.0. The fourth-order valence-electron chi connectivity index (χ4n) is 3.76. The molecule has 10 nitrogen and oxygen atoms in total. The van der Waals surface area contributed by atoms with Crippen molar-refractivity contribution >= 4 is 45.3 Å². The van der Waals surface area contributed by atoms with Crippen molar-refractivity contribution in [2.45, 2.75) is 13.0 Å². The number of hydrogen-bond acceptors (Lipinski definition) is 9. The van der Waals surface area contributed by atoms with E-state index in [2.05, 4.69) is 44.2 Å². The number of methoxy groups -OCH3 is 1. The molecule has 0 aliphatic heterocycles. The predicted octanol–water partition coefficient (Wildman–Crippen LogP) is 4.82. The highest BCUT2D eigenvalue weighted by Crippen LogP contribution is 2.29. The molecule has 196 valence electrons. The van der Waals surface area contributed by atoms with Crippen molar-refractivity contribution in [1.82, 2.24) is 15.6 Å². The van der Waals surface area contributed by atoms with Crippen LogP contribution in [0.4, 0.5) is 5.13 Å². The number of carbonyl (C=O) groups excluding carboxylic acids is 2. The van der Waals surface area contributed by atoms with Crippen LogP contribution < -0.4 is 20.2 Å². The van der Waals surface area contributed by atoms with Crippen LogP contribution in [0.2, 0.25) is 0 Å². The maximum atomic E-state index is 12.3. The van der Waals surface area contributed by atoms with Gasteiger partial charge in [0.25, 0.3) is 5.91 Å². The SMILES string of the molecule is COc1cc(C=NNC(=O)Cc2nnc(NC(=O)c3ccco3)s2)ccc1OCc1cccc2ccccc12. The van der Waals surface area contributed by atoms with Crippen LogP contribution in [0.3, 0.4) is 0 Å². The van der Waals surface area contributed by atoms with Gasteiger partial charge in [0, 0.05) is 0 Å². The maximum Gasteiger partial charge on any atom is 0.293 e. The number of aromatic nitrogens is 2. The maximum absolute atomic E-state index is 12.3. The first kappa shape index (κ1) is 25.6. The lowest BCUT2D eigenvalue weighted by atomic mass is 10.1. The second-order valence-electron chi connectivity index (χ2n) is 8.24. The molecular weight excluding hydrogens is 518 g/mol. The Labute approximate surface area is 227 Å². The van der Waals surface area contributed by atoms with Crippen LogP contribution in [0.25, 0.3) is 10.8 Å². The summed E-state index contributed by atoms with van der Waals surface area (Å²) in [5, 5.41) is 17.4.